The Bertz CT molecular complexity index is 3410. The molecular formula is C55H33NO. The molecule has 0 saturated heterocycles. The number of hydrogen-bond acceptors (Lipinski definition) is 1. The quantitative estimate of drug-likeness (QED) is 0.177. The van der Waals surface area contributed by atoms with E-state index in [9.17, 15) is 0 Å². The molecule has 13 rings (SSSR count). The Balaban J connectivity index is 1.22. The van der Waals surface area contributed by atoms with Gasteiger partial charge in [0.2, 0.25) is 0 Å². The van der Waals surface area contributed by atoms with Crippen LogP contribution in [0.4, 0.5) is 0 Å². The minimum atomic E-state index is -0.495. The first-order valence-electron chi connectivity index (χ1n) is 19.8. The van der Waals surface area contributed by atoms with Gasteiger partial charge in [-0.05, 0) is 115 Å². The lowest BCUT2D eigenvalue weighted by atomic mass is 9.68. The smallest absolute Gasteiger partial charge is 0.135 e. The maximum atomic E-state index is 6.25. The Kier molecular flexibility index (Phi) is 6.13. The standard InChI is InChI=1S/C55H33NO/c1-3-15-34(16-4-1)52-53-44-32-35(36-28-30-51-42(31-36)41-22-10-14-26-50(41)57-51)27-29-48(44)56(37-17-5-2-6-18-37)49(53)33-43-40-21-9-13-25-47(40)55(54(43)52)45-23-11-7-19-38(45)39-20-8-12-24-46(39)55/h1-33H. The Morgan fingerprint density at radius 2 is 0.912 bits per heavy atom. The molecule has 2 nitrogen and oxygen atoms in total. The lowest BCUT2D eigenvalue weighted by Gasteiger charge is -2.32. The summed E-state index contributed by atoms with van der Waals surface area (Å²) in [6, 6.07) is 73.9. The average molecular weight is 724 g/mol. The van der Waals surface area contributed by atoms with Crippen molar-refractivity contribution in [3.8, 4) is 50.2 Å². The summed E-state index contributed by atoms with van der Waals surface area (Å²) in [5.41, 5.74) is 20.3. The van der Waals surface area contributed by atoms with Crippen LogP contribution in [0.5, 0.6) is 0 Å². The molecule has 0 radical (unpaired) electrons. The van der Waals surface area contributed by atoms with E-state index in [-0.39, 0.29) is 0 Å². The van der Waals surface area contributed by atoms with E-state index in [0.29, 0.717) is 0 Å². The molecule has 264 valence electrons. The Morgan fingerprint density at radius 1 is 0.368 bits per heavy atom. The van der Waals surface area contributed by atoms with E-state index in [0.717, 1.165) is 27.6 Å². The van der Waals surface area contributed by atoms with Gasteiger partial charge in [-0.15, -0.1) is 0 Å². The van der Waals surface area contributed by atoms with Gasteiger partial charge in [0.1, 0.15) is 11.2 Å². The second kappa shape index (κ2) is 11.3. The van der Waals surface area contributed by atoms with Crippen molar-refractivity contribution in [3.05, 3.63) is 222 Å². The zero-order valence-electron chi connectivity index (χ0n) is 30.9. The number of furan rings is 1. The van der Waals surface area contributed by atoms with Gasteiger partial charge in [-0.1, -0.05) is 152 Å². The maximum absolute atomic E-state index is 6.25. The first-order valence-corrected chi connectivity index (χ1v) is 19.8. The molecule has 57 heavy (non-hydrogen) atoms. The Morgan fingerprint density at radius 3 is 1.61 bits per heavy atom. The maximum Gasteiger partial charge on any atom is 0.135 e. The molecule has 0 atom stereocenters. The summed E-state index contributed by atoms with van der Waals surface area (Å²) >= 11 is 0. The van der Waals surface area contributed by atoms with Crippen LogP contribution in [0.15, 0.2) is 205 Å². The molecule has 0 saturated carbocycles. The van der Waals surface area contributed by atoms with Gasteiger partial charge in [0.15, 0.2) is 0 Å². The van der Waals surface area contributed by atoms with Crippen LogP contribution in [0, 0.1) is 0 Å². The summed E-state index contributed by atoms with van der Waals surface area (Å²) in [5.74, 6) is 0. The van der Waals surface area contributed by atoms with Gasteiger partial charge >= 0.3 is 0 Å². The van der Waals surface area contributed by atoms with Gasteiger partial charge in [0, 0.05) is 27.2 Å². The predicted octanol–water partition coefficient (Wildman–Crippen LogP) is 14.4. The molecule has 0 N–H and O–H groups in total. The molecule has 2 aromatic heterocycles. The van der Waals surface area contributed by atoms with Gasteiger partial charge in [-0.25, -0.2) is 0 Å². The number of fused-ring (bicyclic) bond motifs is 16. The van der Waals surface area contributed by atoms with Crippen molar-refractivity contribution in [3.63, 3.8) is 0 Å². The lowest BCUT2D eigenvalue weighted by molar-refractivity contribution is 0.669. The van der Waals surface area contributed by atoms with E-state index >= 15 is 0 Å². The SMILES string of the molecule is c1ccc(-c2c3c(cc4c2c2cc(-c5ccc6oc7ccccc7c6c5)ccc2n4-c2ccccc2)-c2ccccc2C32c3ccccc3-c3ccccc32)cc1. The summed E-state index contributed by atoms with van der Waals surface area (Å²) in [6.07, 6.45) is 0. The molecular weight excluding hydrogens is 691 g/mol. The molecule has 0 fully saturated rings. The van der Waals surface area contributed by atoms with Crippen LogP contribution in [0.3, 0.4) is 0 Å². The molecule has 0 aliphatic heterocycles. The highest BCUT2D eigenvalue weighted by molar-refractivity contribution is 6.20. The van der Waals surface area contributed by atoms with Crippen LogP contribution in [0.2, 0.25) is 0 Å². The molecule has 0 bridgehead atoms. The molecule has 9 aromatic carbocycles. The molecule has 11 aromatic rings. The zero-order valence-corrected chi connectivity index (χ0v) is 30.9. The van der Waals surface area contributed by atoms with Crippen molar-refractivity contribution in [2.45, 2.75) is 5.41 Å². The predicted molar refractivity (Wildman–Crippen MR) is 235 cm³/mol. The van der Waals surface area contributed by atoms with Crippen molar-refractivity contribution in [1.29, 1.82) is 0 Å². The van der Waals surface area contributed by atoms with Crippen LogP contribution < -0.4 is 0 Å². The van der Waals surface area contributed by atoms with E-state index in [2.05, 4.69) is 199 Å². The fourth-order valence-corrected chi connectivity index (χ4v) is 10.6. The summed E-state index contributed by atoms with van der Waals surface area (Å²) in [4.78, 5) is 0. The molecule has 0 unspecified atom stereocenters. The molecule has 2 aliphatic rings. The highest BCUT2D eigenvalue weighted by Gasteiger charge is 2.53. The van der Waals surface area contributed by atoms with E-state index in [1.807, 2.05) is 6.07 Å². The largest absolute Gasteiger partial charge is 0.456 e. The van der Waals surface area contributed by atoms with Crippen LogP contribution in [0.1, 0.15) is 22.3 Å². The summed E-state index contributed by atoms with van der Waals surface area (Å²) in [5, 5.41) is 4.77. The van der Waals surface area contributed by atoms with Crippen molar-refractivity contribution in [2.75, 3.05) is 0 Å². The molecule has 0 amide bonds. The number of hydrogen-bond donors (Lipinski definition) is 0. The van der Waals surface area contributed by atoms with E-state index < -0.39 is 5.41 Å². The minimum absolute atomic E-state index is 0.495. The number of benzene rings is 9. The topological polar surface area (TPSA) is 18.1 Å². The fraction of sp³-hybridized carbons (Fsp3) is 0.0182. The van der Waals surface area contributed by atoms with E-state index in [4.69, 9.17) is 4.42 Å². The van der Waals surface area contributed by atoms with Crippen LogP contribution in [-0.2, 0) is 5.41 Å². The van der Waals surface area contributed by atoms with Gasteiger partial charge in [0.25, 0.3) is 0 Å². The van der Waals surface area contributed by atoms with Gasteiger partial charge in [0.05, 0.1) is 16.4 Å². The highest BCUT2D eigenvalue weighted by Crippen LogP contribution is 2.65. The minimum Gasteiger partial charge on any atom is -0.456 e. The number of para-hydroxylation sites is 2. The summed E-state index contributed by atoms with van der Waals surface area (Å²) in [6.45, 7) is 0. The van der Waals surface area contributed by atoms with Gasteiger partial charge in [-0.3, -0.25) is 0 Å². The van der Waals surface area contributed by atoms with Gasteiger partial charge < -0.3 is 8.98 Å². The highest BCUT2D eigenvalue weighted by atomic mass is 16.3. The molecule has 1 spiro atoms. The first-order chi connectivity index (χ1) is 28.3. The summed E-state index contributed by atoms with van der Waals surface area (Å²) in [7, 11) is 0. The monoisotopic (exact) mass is 723 g/mol. The third kappa shape index (κ3) is 3.99. The lowest BCUT2D eigenvalue weighted by Crippen LogP contribution is -2.26. The summed E-state index contributed by atoms with van der Waals surface area (Å²) < 4.78 is 8.73. The molecule has 2 heteroatoms. The second-order valence-corrected chi connectivity index (χ2v) is 15.5. The fourth-order valence-electron chi connectivity index (χ4n) is 10.6. The van der Waals surface area contributed by atoms with Gasteiger partial charge in [-0.2, -0.15) is 0 Å². The molecule has 2 heterocycles. The first kappa shape index (κ1) is 30.9. The van der Waals surface area contributed by atoms with E-state index in [1.54, 1.807) is 0 Å². The third-order valence-corrected chi connectivity index (χ3v) is 12.8. The number of aromatic nitrogens is 1. The van der Waals surface area contributed by atoms with Crippen LogP contribution >= 0.6 is 0 Å². The number of rotatable bonds is 3. The second-order valence-electron chi connectivity index (χ2n) is 15.5. The Labute approximate surface area is 329 Å². The molecule has 2 aliphatic carbocycles. The van der Waals surface area contributed by atoms with Crippen molar-refractivity contribution >= 4 is 43.7 Å². The zero-order chi connectivity index (χ0) is 37.2. The van der Waals surface area contributed by atoms with Crippen LogP contribution in [0.25, 0.3) is 93.9 Å². The Hall–Kier alpha value is -7.42. The van der Waals surface area contributed by atoms with Crippen LogP contribution in [-0.4, -0.2) is 4.57 Å². The number of nitrogens with zero attached hydrogens (tertiary/aromatic N) is 1. The van der Waals surface area contributed by atoms with E-state index in [1.165, 1.54) is 88.6 Å². The van der Waals surface area contributed by atoms with Crippen molar-refractivity contribution < 1.29 is 4.42 Å². The van der Waals surface area contributed by atoms with Crippen molar-refractivity contribution in [1.82, 2.24) is 4.57 Å². The third-order valence-electron chi connectivity index (χ3n) is 12.8. The average Bonchev–Trinajstić information content (AvgIpc) is 3.99. The normalized spacial score (nSPS) is 13.4. The van der Waals surface area contributed by atoms with Crippen molar-refractivity contribution in [2.24, 2.45) is 0 Å².